The van der Waals surface area contributed by atoms with E-state index in [1.807, 2.05) is 56.3 Å². The van der Waals surface area contributed by atoms with E-state index in [0.717, 1.165) is 39.7 Å². The van der Waals surface area contributed by atoms with Gasteiger partial charge in [0.15, 0.2) is 5.65 Å². The Morgan fingerprint density at radius 2 is 1.97 bits per heavy atom. The van der Waals surface area contributed by atoms with Crippen LogP contribution >= 0.6 is 11.8 Å². The van der Waals surface area contributed by atoms with E-state index in [9.17, 15) is 4.79 Å². The molecule has 2 heterocycles. The van der Waals surface area contributed by atoms with Crippen molar-refractivity contribution in [2.24, 2.45) is 0 Å². The number of aryl methyl sites for hydroxylation is 2. The number of thioether (sulfide) groups is 1. The topological polar surface area (TPSA) is 83.6 Å². The molecule has 0 bridgehead atoms. The van der Waals surface area contributed by atoms with Gasteiger partial charge in [0.25, 0.3) is 0 Å². The van der Waals surface area contributed by atoms with Gasteiger partial charge >= 0.3 is 0 Å². The number of H-pyrrole nitrogens is 1. The lowest BCUT2D eigenvalue weighted by atomic mass is 10.1. The second-order valence-corrected chi connectivity index (χ2v) is 8.10. The predicted octanol–water partition coefficient (Wildman–Crippen LogP) is 4.89. The van der Waals surface area contributed by atoms with Gasteiger partial charge in [-0.3, -0.25) is 4.79 Å². The zero-order valence-corrected chi connectivity index (χ0v) is 17.5. The fourth-order valence-corrected chi connectivity index (χ4v) is 4.23. The average Bonchev–Trinajstić information content (AvgIpc) is 3.11. The minimum Gasteiger partial charge on any atom is -0.338 e. The highest BCUT2D eigenvalue weighted by Gasteiger charge is 2.22. The second kappa shape index (κ2) is 8.21. The Kier molecular flexibility index (Phi) is 5.49. The lowest BCUT2D eigenvalue weighted by Gasteiger charge is -2.17. The Morgan fingerprint density at radius 3 is 2.76 bits per heavy atom. The molecule has 1 amide bonds. The molecule has 7 heteroatoms. The van der Waals surface area contributed by atoms with Crippen molar-refractivity contribution in [3.8, 4) is 0 Å². The van der Waals surface area contributed by atoms with Gasteiger partial charge in [0.05, 0.1) is 5.25 Å². The molecule has 2 aromatic heterocycles. The molecule has 0 fully saturated rings. The van der Waals surface area contributed by atoms with E-state index in [2.05, 4.69) is 32.4 Å². The summed E-state index contributed by atoms with van der Waals surface area (Å²) in [6.07, 6.45) is 1.53. The van der Waals surface area contributed by atoms with E-state index >= 15 is 0 Å². The van der Waals surface area contributed by atoms with Crippen LogP contribution in [0.3, 0.4) is 0 Å². The molecule has 4 rings (SSSR count). The molecule has 0 saturated heterocycles. The van der Waals surface area contributed by atoms with Crippen LogP contribution in [0.2, 0.25) is 0 Å². The van der Waals surface area contributed by atoms with Gasteiger partial charge in [0.2, 0.25) is 11.1 Å². The molecule has 6 nitrogen and oxygen atoms in total. The summed E-state index contributed by atoms with van der Waals surface area (Å²) in [5, 5.41) is 12.9. The van der Waals surface area contributed by atoms with Crippen LogP contribution in [0.1, 0.15) is 31.4 Å². The van der Waals surface area contributed by atoms with Crippen LogP contribution in [-0.4, -0.2) is 31.3 Å². The Bertz CT molecular complexity index is 1190. The summed E-state index contributed by atoms with van der Waals surface area (Å²) in [6.45, 7) is 6.09. The van der Waals surface area contributed by atoms with Crippen LogP contribution in [0.4, 0.5) is 5.69 Å². The number of aromatic nitrogens is 4. The molecular formula is C22H23N5OS. The highest BCUT2D eigenvalue weighted by Crippen LogP contribution is 2.28. The number of nitrogens with zero attached hydrogens (tertiary/aromatic N) is 3. The normalized spacial score (nSPS) is 12.4. The van der Waals surface area contributed by atoms with E-state index in [0.29, 0.717) is 17.2 Å². The van der Waals surface area contributed by atoms with Crippen molar-refractivity contribution in [2.75, 3.05) is 5.32 Å². The molecule has 148 valence electrons. The quantitative estimate of drug-likeness (QED) is 0.446. The molecule has 0 aliphatic rings. The van der Waals surface area contributed by atoms with E-state index in [1.54, 1.807) is 0 Å². The van der Waals surface area contributed by atoms with E-state index in [1.165, 1.54) is 11.8 Å². The molecule has 2 aromatic carbocycles. The van der Waals surface area contributed by atoms with Gasteiger partial charge in [0, 0.05) is 16.6 Å². The maximum atomic E-state index is 13.0. The SMILES string of the molecule is CCc1cccc(C)c1NC(=O)C(CC)Sc1nnc2c(n1)[nH]c1ccccc12. The molecule has 29 heavy (non-hydrogen) atoms. The smallest absolute Gasteiger partial charge is 0.237 e. The molecule has 1 atom stereocenters. The maximum Gasteiger partial charge on any atom is 0.237 e. The van der Waals surface area contributed by atoms with Gasteiger partial charge in [0.1, 0.15) is 5.52 Å². The Morgan fingerprint density at radius 1 is 1.14 bits per heavy atom. The van der Waals surface area contributed by atoms with Crippen molar-refractivity contribution in [3.63, 3.8) is 0 Å². The number of hydrogen-bond acceptors (Lipinski definition) is 5. The minimum atomic E-state index is -0.303. The summed E-state index contributed by atoms with van der Waals surface area (Å²) >= 11 is 1.34. The van der Waals surface area contributed by atoms with Crippen molar-refractivity contribution in [2.45, 2.75) is 44.0 Å². The molecule has 0 radical (unpaired) electrons. The molecule has 0 saturated carbocycles. The van der Waals surface area contributed by atoms with Crippen LogP contribution in [0.5, 0.6) is 0 Å². The molecule has 1 unspecified atom stereocenters. The highest BCUT2D eigenvalue weighted by molar-refractivity contribution is 8.00. The fourth-order valence-electron chi connectivity index (χ4n) is 3.41. The standard InChI is InChI=1S/C22H23N5OS/c1-4-14-10-8-9-13(3)18(14)24-21(28)17(5-2)29-22-25-20-19(26-27-22)15-11-6-7-12-16(15)23-20/h6-12,17H,4-5H2,1-3H3,(H,24,28)(H,23,25,27). The van der Waals surface area contributed by atoms with Crippen LogP contribution < -0.4 is 5.32 Å². The minimum absolute atomic E-state index is 0.0400. The van der Waals surface area contributed by atoms with Crippen molar-refractivity contribution < 1.29 is 4.79 Å². The van der Waals surface area contributed by atoms with Gasteiger partial charge < -0.3 is 10.3 Å². The first-order valence-electron chi connectivity index (χ1n) is 9.77. The van der Waals surface area contributed by atoms with E-state index in [-0.39, 0.29) is 11.2 Å². The van der Waals surface area contributed by atoms with Gasteiger partial charge in [-0.15, -0.1) is 10.2 Å². The molecule has 0 spiro atoms. The van der Waals surface area contributed by atoms with Gasteiger partial charge in [-0.2, -0.15) is 0 Å². The summed E-state index contributed by atoms with van der Waals surface area (Å²) in [6, 6.07) is 14.0. The number of carbonyl (C=O) groups excluding carboxylic acids is 1. The third-order valence-electron chi connectivity index (χ3n) is 5.00. The number of carbonyl (C=O) groups is 1. The Balaban J connectivity index is 1.57. The van der Waals surface area contributed by atoms with Gasteiger partial charge in [-0.1, -0.05) is 62.0 Å². The van der Waals surface area contributed by atoms with Crippen LogP contribution in [-0.2, 0) is 11.2 Å². The zero-order chi connectivity index (χ0) is 20.4. The van der Waals surface area contributed by atoms with Crippen molar-refractivity contribution in [1.82, 2.24) is 20.2 Å². The first-order chi connectivity index (χ1) is 14.1. The zero-order valence-electron chi connectivity index (χ0n) is 16.7. The van der Waals surface area contributed by atoms with Crippen molar-refractivity contribution in [3.05, 3.63) is 53.6 Å². The average molecular weight is 406 g/mol. The van der Waals surface area contributed by atoms with Crippen molar-refractivity contribution >= 4 is 45.4 Å². The highest BCUT2D eigenvalue weighted by atomic mass is 32.2. The number of para-hydroxylation sites is 2. The summed E-state index contributed by atoms with van der Waals surface area (Å²) in [7, 11) is 0. The third-order valence-corrected chi connectivity index (χ3v) is 6.22. The number of amides is 1. The second-order valence-electron chi connectivity index (χ2n) is 6.93. The lowest BCUT2D eigenvalue weighted by Crippen LogP contribution is -2.26. The number of anilines is 1. The maximum absolute atomic E-state index is 13.0. The van der Waals surface area contributed by atoms with Gasteiger partial charge in [-0.25, -0.2) is 4.98 Å². The lowest BCUT2D eigenvalue weighted by molar-refractivity contribution is -0.115. The first kappa shape index (κ1) is 19.4. The number of fused-ring (bicyclic) bond motifs is 3. The number of hydrogen-bond donors (Lipinski definition) is 2. The van der Waals surface area contributed by atoms with Crippen LogP contribution in [0.15, 0.2) is 47.6 Å². The Labute approximate surface area is 173 Å². The molecule has 0 aliphatic carbocycles. The number of nitrogens with one attached hydrogen (secondary N) is 2. The summed E-state index contributed by atoms with van der Waals surface area (Å²) < 4.78 is 0. The Hall–Kier alpha value is -2.93. The van der Waals surface area contributed by atoms with Crippen LogP contribution in [0, 0.1) is 6.92 Å². The number of aromatic amines is 1. The first-order valence-corrected chi connectivity index (χ1v) is 10.7. The fraction of sp³-hybridized carbons (Fsp3) is 0.273. The third kappa shape index (κ3) is 3.82. The molecule has 0 aliphatic heterocycles. The van der Waals surface area contributed by atoms with Crippen LogP contribution in [0.25, 0.3) is 22.1 Å². The van der Waals surface area contributed by atoms with Crippen molar-refractivity contribution in [1.29, 1.82) is 0 Å². The predicted molar refractivity (Wildman–Crippen MR) is 118 cm³/mol. The number of benzene rings is 2. The van der Waals surface area contributed by atoms with Gasteiger partial charge in [-0.05, 0) is 37.0 Å². The monoisotopic (exact) mass is 405 g/mol. The summed E-state index contributed by atoms with van der Waals surface area (Å²) in [4.78, 5) is 20.8. The molecule has 2 N–H and O–H groups in total. The van der Waals surface area contributed by atoms with E-state index in [4.69, 9.17) is 0 Å². The summed E-state index contributed by atoms with van der Waals surface area (Å²) in [5.41, 5.74) is 5.51. The molecular weight excluding hydrogens is 382 g/mol. The largest absolute Gasteiger partial charge is 0.338 e. The summed E-state index contributed by atoms with van der Waals surface area (Å²) in [5.74, 6) is -0.0400. The number of rotatable bonds is 6. The molecule has 4 aromatic rings. The van der Waals surface area contributed by atoms with E-state index < -0.39 is 0 Å².